The fraction of sp³-hybridized carbons (Fsp3) is 0.455. The molecule has 0 aliphatic carbocycles. The highest BCUT2D eigenvalue weighted by atomic mass is 19.4. The zero-order valence-electron chi connectivity index (χ0n) is 19.0. The van der Waals surface area contributed by atoms with Crippen LogP contribution in [0.2, 0.25) is 0 Å². The Hall–Kier alpha value is -3.46. The minimum Gasteiger partial charge on any atom is -0.493 e. The van der Waals surface area contributed by atoms with Crippen LogP contribution in [0, 0.1) is 11.8 Å². The second-order valence-electron chi connectivity index (χ2n) is 7.95. The van der Waals surface area contributed by atoms with E-state index in [2.05, 4.69) is 20.9 Å². The number of nitrogens with zero attached hydrogens (tertiary/aromatic N) is 3. The number of alkyl halides is 6. The number of rotatable bonds is 5. The van der Waals surface area contributed by atoms with E-state index < -0.39 is 24.3 Å². The van der Waals surface area contributed by atoms with Crippen molar-refractivity contribution in [3.63, 3.8) is 0 Å². The van der Waals surface area contributed by atoms with Crippen molar-refractivity contribution < 1.29 is 55.6 Å². The van der Waals surface area contributed by atoms with Gasteiger partial charge in [0.25, 0.3) is 0 Å². The van der Waals surface area contributed by atoms with Crippen LogP contribution in [0.15, 0.2) is 49.1 Å². The molecule has 2 aliphatic heterocycles. The molecular weight excluding hydrogens is 516 g/mol. The number of hydrogen-bond donors (Lipinski definition) is 2. The molecule has 2 N–H and O–H groups in total. The molecule has 2 fully saturated rings. The van der Waals surface area contributed by atoms with E-state index in [-0.39, 0.29) is 0 Å². The second kappa shape index (κ2) is 13.2. The largest absolute Gasteiger partial charge is 0.493 e. The van der Waals surface area contributed by atoms with Crippen LogP contribution in [0.1, 0.15) is 5.56 Å². The molecule has 0 aromatic carbocycles. The molecule has 204 valence electrons. The Labute approximate surface area is 206 Å². The van der Waals surface area contributed by atoms with Crippen LogP contribution in [-0.2, 0) is 20.9 Å². The smallest absolute Gasteiger partial charge is 0.490 e. The minimum absolute atomic E-state index is 0.345. The number of aliphatic carboxylic acids is 2. The number of likely N-dealkylation sites (tertiary alicyclic amines) is 1. The maximum absolute atomic E-state index is 10.6. The predicted molar refractivity (Wildman–Crippen MR) is 113 cm³/mol. The van der Waals surface area contributed by atoms with Crippen LogP contribution in [0.25, 0.3) is 0 Å². The number of aromatic nitrogens is 2. The van der Waals surface area contributed by atoms with Gasteiger partial charge in [-0.3, -0.25) is 14.9 Å². The molecule has 0 radical (unpaired) electrons. The van der Waals surface area contributed by atoms with Crippen molar-refractivity contribution in [2.45, 2.75) is 25.0 Å². The Morgan fingerprint density at radius 3 is 2.08 bits per heavy atom. The first-order valence-corrected chi connectivity index (χ1v) is 10.6. The lowest BCUT2D eigenvalue weighted by atomic mass is 9.94. The molecule has 2 aromatic heterocycles. The first-order chi connectivity index (χ1) is 17.3. The first-order valence-electron chi connectivity index (χ1n) is 10.6. The highest BCUT2D eigenvalue weighted by Gasteiger charge is 2.44. The average Bonchev–Trinajstić information content (AvgIpc) is 3.39. The molecular formula is C22H23F6N3O6. The topological polar surface area (TPSA) is 122 Å². The summed E-state index contributed by atoms with van der Waals surface area (Å²) in [5.74, 6) is -3.60. The number of carboxylic acid groups (broad SMARTS) is 2. The summed E-state index contributed by atoms with van der Waals surface area (Å²) in [6, 6.07) is 7.92. The van der Waals surface area contributed by atoms with Crippen molar-refractivity contribution in [1.29, 1.82) is 0 Å². The molecule has 2 aliphatic rings. The van der Waals surface area contributed by atoms with Gasteiger partial charge in [-0.2, -0.15) is 26.3 Å². The number of carbonyl (C=O) groups is 2. The maximum atomic E-state index is 10.6. The third-order valence-corrected chi connectivity index (χ3v) is 5.24. The average molecular weight is 539 g/mol. The number of fused-ring (bicyclic) bond motifs is 1. The molecule has 2 saturated heterocycles. The molecule has 0 spiro atoms. The summed E-state index contributed by atoms with van der Waals surface area (Å²) in [6.45, 7) is 4.55. The standard InChI is InChI=1S/C18H21N3O2.2C2HF3O2/c1-2-14(8-20-5-1)9-21-10-17-15(13-23-18(17)11-21)12-22-16-3-6-19-7-4-16;2*3-2(4,5)1(6)7/h1-8,15,17-18H,9-13H2;2*(H,6,7)/t15-,17+,18+;;/m0../s1. The molecule has 4 heterocycles. The number of ether oxygens (including phenoxy) is 2. The summed E-state index contributed by atoms with van der Waals surface area (Å²) in [7, 11) is 0. The minimum atomic E-state index is -5.08. The summed E-state index contributed by atoms with van der Waals surface area (Å²) in [4.78, 5) is 28.5. The summed E-state index contributed by atoms with van der Waals surface area (Å²) in [6.07, 6.45) is -2.54. The number of carboxylic acids is 2. The van der Waals surface area contributed by atoms with Crippen molar-refractivity contribution in [2.24, 2.45) is 11.8 Å². The van der Waals surface area contributed by atoms with E-state index in [1.807, 2.05) is 30.6 Å². The quantitative estimate of drug-likeness (QED) is 0.552. The Morgan fingerprint density at radius 2 is 1.57 bits per heavy atom. The van der Waals surface area contributed by atoms with Crippen LogP contribution in [0.3, 0.4) is 0 Å². The molecule has 37 heavy (non-hydrogen) atoms. The maximum Gasteiger partial charge on any atom is 0.490 e. The molecule has 0 unspecified atom stereocenters. The fourth-order valence-electron chi connectivity index (χ4n) is 3.57. The van der Waals surface area contributed by atoms with Gasteiger partial charge >= 0.3 is 24.3 Å². The van der Waals surface area contributed by atoms with Crippen LogP contribution in [0.4, 0.5) is 26.3 Å². The molecule has 2 aromatic rings. The highest BCUT2D eigenvalue weighted by molar-refractivity contribution is 5.73. The molecule has 0 amide bonds. The van der Waals surface area contributed by atoms with Crippen molar-refractivity contribution in [3.8, 4) is 5.75 Å². The zero-order valence-corrected chi connectivity index (χ0v) is 19.0. The molecule has 0 saturated carbocycles. The number of halogens is 6. The Balaban J connectivity index is 0.000000286. The first kappa shape index (κ1) is 29.8. The van der Waals surface area contributed by atoms with Gasteiger partial charge in [-0.1, -0.05) is 6.07 Å². The van der Waals surface area contributed by atoms with Crippen LogP contribution in [0.5, 0.6) is 5.75 Å². The van der Waals surface area contributed by atoms with Gasteiger partial charge in [0.15, 0.2) is 0 Å². The lowest BCUT2D eigenvalue weighted by molar-refractivity contribution is -0.193. The van der Waals surface area contributed by atoms with E-state index in [0.29, 0.717) is 24.5 Å². The lowest BCUT2D eigenvalue weighted by Gasteiger charge is -2.19. The summed E-state index contributed by atoms with van der Waals surface area (Å²) >= 11 is 0. The molecule has 0 bridgehead atoms. The van der Waals surface area contributed by atoms with Gasteiger partial charge in [-0.15, -0.1) is 0 Å². The lowest BCUT2D eigenvalue weighted by Crippen LogP contribution is -2.26. The van der Waals surface area contributed by atoms with Crippen LogP contribution in [-0.4, -0.2) is 81.8 Å². The number of pyridine rings is 2. The van der Waals surface area contributed by atoms with Crippen LogP contribution >= 0.6 is 0 Å². The van der Waals surface area contributed by atoms with Crippen molar-refractivity contribution >= 4 is 11.9 Å². The van der Waals surface area contributed by atoms with Gasteiger partial charge in [0.1, 0.15) is 5.75 Å². The summed E-state index contributed by atoms with van der Waals surface area (Å²) in [5, 5.41) is 14.2. The Kier molecular flexibility index (Phi) is 10.6. The highest BCUT2D eigenvalue weighted by Crippen LogP contribution is 2.34. The van der Waals surface area contributed by atoms with E-state index in [1.165, 1.54) is 5.56 Å². The third-order valence-electron chi connectivity index (χ3n) is 5.24. The molecule has 3 atom stereocenters. The zero-order chi connectivity index (χ0) is 27.6. The normalized spacial score (nSPS) is 21.1. The summed E-state index contributed by atoms with van der Waals surface area (Å²) in [5.41, 5.74) is 1.26. The third kappa shape index (κ3) is 10.2. The molecule has 15 heteroatoms. The number of hydrogen-bond acceptors (Lipinski definition) is 7. The van der Waals surface area contributed by atoms with E-state index >= 15 is 0 Å². The molecule has 4 rings (SSSR count). The van der Waals surface area contributed by atoms with Gasteiger partial charge in [0, 0.05) is 56.3 Å². The summed E-state index contributed by atoms with van der Waals surface area (Å²) < 4.78 is 75.4. The van der Waals surface area contributed by atoms with Gasteiger partial charge in [0.05, 0.1) is 19.3 Å². The van der Waals surface area contributed by atoms with Gasteiger partial charge < -0.3 is 19.7 Å². The monoisotopic (exact) mass is 539 g/mol. The van der Waals surface area contributed by atoms with Gasteiger partial charge in [-0.25, -0.2) is 9.59 Å². The van der Waals surface area contributed by atoms with Gasteiger partial charge in [0.2, 0.25) is 0 Å². The Morgan fingerprint density at radius 1 is 0.973 bits per heavy atom. The van der Waals surface area contributed by atoms with Gasteiger partial charge in [-0.05, 0) is 23.8 Å². The van der Waals surface area contributed by atoms with E-state index in [9.17, 15) is 26.3 Å². The van der Waals surface area contributed by atoms with Crippen LogP contribution < -0.4 is 4.74 Å². The van der Waals surface area contributed by atoms with E-state index in [4.69, 9.17) is 29.3 Å². The van der Waals surface area contributed by atoms with Crippen molar-refractivity contribution in [3.05, 3.63) is 54.6 Å². The molecule has 9 nitrogen and oxygen atoms in total. The fourth-order valence-corrected chi connectivity index (χ4v) is 3.57. The van der Waals surface area contributed by atoms with E-state index in [1.54, 1.807) is 12.4 Å². The SMILES string of the molecule is O=C(O)C(F)(F)F.O=C(O)C(F)(F)F.c1cncc(CN2C[C@@H]3[C@@H](COc4ccncc4)CO[C@@H]3C2)c1. The van der Waals surface area contributed by atoms with Crippen molar-refractivity contribution in [1.82, 2.24) is 14.9 Å². The van der Waals surface area contributed by atoms with E-state index in [0.717, 1.165) is 32.0 Å². The second-order valence-corrected chi connectivity index (χ2v) is 7.95. The predicted octanol–water partition coefficient (Wildman–Crippen LogP) is 3.27. The van der Waals surface area contributed by atoms with Crippen molar-refractivity contribution in [2.75, 3.05) is 26.3 Å². The Bertz CT molecular complexity index is 970.